The monoisotopic (exact) mass is 855 g/mol. The third-order valence-electron chi connectivity index (χ3n) is 3.24. The molecular weight excluding hydrogens is 837 g/mol. The van der Waals surface area contributed by atoms with Gasteiger partial charge >= 0.3 is 364 Å². The Balaban J connectivity index is -0.000000145. The van der Waals surface area contributed by atoms with Gasteiger partial charge in [0.25, 0.3) is 0 Å². The van der Waals surface area contributed by atoms with Gasteiger partial charge < -0.3 is 0 Å². The molecule has 0 unspecified atom stereocenters. The van der Waals surface area contributed by atoms with Crippen LogP contribution in [0.15, 0.2) is 0 Å². The maximum absolute atomic E-state index is 8.55. The van der Waals surface area contributed by atoms with Crippen LogP contribution in [0.5, 0.6) is 0 Å². The molecule has 0 heterocycles. The molecule has 0 aromatic heterocycles. The molecule has 0 fully saturated rings. The van der Waals surface area contributed by atoms with Crippen LogP contribution in [0.1, 0.15) is 0 Å². The van der Waals surface area contributed by atoms with Gasteiger partial charge in [-0.15, -0.1) is 0 Å². The Morgan fingerprint density at radius 3 is 0.275 bits per heavy atom. The molecule has 15 N–H and O–H groups in total. The summed E-state index contributed by atoms with van der Waals surface area (Å²) in [4.78, 5) is 0. The third-order valence-corrected chi connectivity index (χ3v) is 13.4. The first-order valence-corrected chi connectivity index (χ1v) is 18.0. The Kier molecular flexibility index (Phi) is 31.2. The predicted octanol–water partition coefficient (Wildman–Crippen LogP) is -9.13. The summed E-state index contributed by atoms with van der Waals surface area (Å²) in [6.07, 6.45) is 21.7. The van der Waals surface area contributed by atoms with E-state index in [4.69, 9.17) is 78.9 Å². The molecule has 0 rings (SSSR count). The molecule has 0 saturated carbocycles. The van der Waals surface area contributed by atoms with Crippen molar-refractivity contribution in [3.8, 4) is 92.9 Å². The standard InChI is InChI=1S/15CHN2.3Fe.3Na.3H/c15*2-1-3;;;;;;;;;/h15*2H;;;;;;;;;/q15*-1;3*+5;;;;;;. The van der Waals surface area contributed by atoms with Gasteiger partial charge in [0.15, 0.2) is 0 Å². The summed E-state index contributed by atoms with van der Waals surface area (Å²) >= 11 is -13.6. The normalized spacial score (nSPS) is 9.71. The second kappa shape index (κ2) is 27.8. The van der Waals surface area contributed by atoms with Crippen LogP contribution in [0.2, 0.25) is 0 Å². The first-order chi connectivity index (χ1) is 22.9. The summed E-state index contributed by atoms with van der Waals surface area (Å²) in [6, 6.07) is 0. The van der Waals surface area contributed by atoms with Gasteiger partial charge in [-0.05, 0) is 0 Å². The van der Waals surface area contributed by atoms with Crippen LogP contribution in [0.4, 0.5) is 0 Å². The van der Waals surface area contributed by atoms with Crippen molar-refractivity contribution in [3.05, 3.63) is 0 Å². The van der Waals surface area contributed by atoms with E-state index in [-0.39, 0.29) is 88.7 Å². The molecule has 30 nitrogen and oxygen atoms in total. The second-order valence-electron chi connectivity index (χ2n) is 5.65. The SMILES string of the molecule is N#C[NH][Fe]([NH]C#N)([NH]C#N)([NH]C#N)[NH]C#N.N#C[NH][Fe]([NH]C#N)([NH]C#N)([NH]C#N)[NH]C#N.N#C[NH][Fe]([NH]C#N)([NH]C#N)([NH]C#N)[NH]C#N.[NaH].[NaH].[NaH]. The number of hydrogen-bond donors (Lipinski definition) is 15. The molecule has 0 radical (unpaired) electrons. The van der Waals surface area contributed by atoms with Crippen molar-refractivity contribution in [1.82, 2.24) is 65.0 Å². The van der Waals surface area contributed by atoms with Crippen LogP contribution in [0.25, 0.3) is 0 Å². The Bertz CT molecular complexity index is 1280. The maximum atomic E-state index is 8.55. The number of hydrogen-bond acceptors (Lipinski definition) is 30. The average molecular weight is 855 g/mol. The molecular formula is C15H18Fe3N30Na3. The van der Waals surface area contributed by atoms with Crippen molar-refractivity contribution in [3.63, 3.8) is 0 Å². The summed E-state index contributed by atoms with van der Waals surface area (Å²) in [7, 11) is 0. The molecule has 0 amide bonds. The molecule has 51 heavy (non-hydrogen) atoms. The van der Waals surface area contributed by atoms with Crippen LogP contribution in [-0.2, 0) is 38.6 Å². The van der Waals surface area contributed by atoms with E-state index in [2.05, 4.69) is 0 Å². The quantitative estimate of drug-likeness (QED) is 0.0413. The minimum absolute atomic E-state index is 0. The van der Waals surface area contributed by atoms with E-state index in [0.717, 1.165) is 0 Å². The predicted molar refractivity (Wildman–Crippen MR) is 153 cm³/mol. The fourth-order valence-corrected chi connectivity index (χ4v) is 7.62. The van der Waals surface area contributed by atoms with E-state index >= 15 is 0 Å². The molecule has 0 aromatic rings. The average Bonchev–Trinajstić information content (AvgIpc) is 3.00. The van der Waals surface area contributed by atoms with Crippen molar-refractivity contribution in [2.75, 3.05) is 0 Å². The molecule has 0 saturated heterocycles. The minimum atomic E-state index is -4.52. The van der Waals surface area contributed by atoms with Crippen molar-refractivity contribution in [1.29, 1.82) is 78.9 Å². The Labute approximate surface area is 359 Å². The summed E-state index contributed by atoms with van der Waals surface area (Å²) in [5.41, 5.74) is 0. The van der Waals surface area contributed by atoms with Crippen molar-refractivity contribution in [2.45, 2.75) is 0 Å². The number of nitrogens with zero attached hydrogens (tertiary/aromatic N) is 15. The Hall–Kier alpha value is -6.09. The van der Waals surface area contributed by atoms with Gasteiger partial charge in [0.1, 0.15) is 0 Å². The fourth-order valence-electron chi connectivity index (χ4n) is 1.85. The van der Waals surface area contributed by atoms with Gasteiger partial charge in [-0.2, -0.15) is 0 Å². The topological polar surface area (TPSA) is 537 Å². The van der Waals surface area contributed by atoms with Gasteiger partial charge in [0.2, 0.25) is 0 Å². The zero-order chi connectivity index (χ0) is 37.6. The number of nitriles is 15. The van der Waals surface area contributed by atoms with Crippen LogP contribution in [-0.4, -0.2) is 88.7 Å². The summed E-state index contributed by atoms with van der Waals surface area (Å²) in [6.45, 7) is 0. The van der Waals surface area contributed by atoms with Crippen LogP contribution in [0.3, 0.4) is 0 Å². The van der Waals surface area contributed by atoms with Crippen LogP contribution in [0, 0.1) is 172 Å². The van der Waals surface area contributed by atoms with Crippen molar-refractivity contribution in [2.24, 2.45) is 0 Å². The first-order valence-electron chi connectivity index (χ1n) is 9.76. The molecule has 36 heteroatoms. The molecule has 0 aromatic carbocycles. The van der Waals surface area contributed by atoms with E-state index in [9.17, 15) is 0 Å². The van der Waals surface area contributed by atoms with E-state index < -0.39 is 38.6 Å². The molecule has 0 aliphatic rings. The molecule has 0 atom stereocenters. The van der Waals surface area contributed by atoms with Crippen molar-refractivity contribution >= 4 is 88.7 Å². The summed E-state index contributed by atoms with van der Waals surface area (Å²) in [5.74, 6) is 0. The van der Waals surface area contributed by atoms with Crippen LogP contribution < -0.4 is 65.0 Å². The third kappa shape index (κ3) is 16.2. The van der Waals surface area contributed by atoms with Gasteiger partial charge in [0.05, 0.1) is 0 Å². The van der Waals surface area contributed by atoms with Gasteiger partial charge in [-0.1, -0.05) is 0 Å². The molecule has 0 aliphatic carbocycles. The Morgan fingerprint density at radius 2 is 0.235 bits per heavy atom. The zero-order valence-corrected chi connectivity index (χ0v) is 26.1. The van der Waals surface area contributed by atoms with Gasteiger partial charge in [0, 0.05) is 0 Å². The summed E-state index contributed by atoms with van der Waals surface area (Å²) < 4.78 is 30.4. The van der Waals surface area contributed by atoms with E-state index in [0.29, 0.717) is 0 Å². The Morgan fingerprint density at radius 1 is 0.176 bits per heavy atom. The van der Waals surface area contributed by atoms with E-state index in [1.54, 1.807) is 0 Å². The fraction of sp³-hybridized carbons (Fsp3) is 0. The number of rotatable bonds is 15. The van der Waals surface area contributed by atoms with Crippen molar-refractivity contribution < 1.29 is 38.6 Å². The van der Waals surface area contributed by atoms with Gasteiger partial charge in [-0.25, -0.2) is 0 Å². The van der Waals surface area contributed by atoms with E-state index in [1.165, 1.54) is 92.9 Å². The number of nitrogens with one attached hydrogen (secondary N) is 15. The van der Waals surface area contributed by atoms with E-state index in [1.807, 2.05) is 65.0 Å². The summed E-state index contributed by atoms with van der Waals surface area (Å²) in [5, 5.41) is 128. The molecule has 0 bridgehead atoms. The van der Waals surface area contributed by atoms with Crippen LogP contribution >= 0.6 is 0 Å². The molecule has 0 spiro atoms. The first kappa shape index (κ1) is 57.2. The zero-order valence-electron chi connectivity index (χ0n) is 22.8. The second-order valence-corrected chi connectivity index (χ2v) is 18.1. The molecule has 0 aliphatic heterocycles. The van der Waals surface area contributed by atoms with Gasteiger partial charge in [-0.3, -0.25) is 0 Å². The molecule has 255 valence electrons.